The quantitative estimate of drug-likeness (QED) is 0.513. The van der Waals surface area contributed by atoms with Crippen molar-refractivity contribution >= 4 is 17.7 Å². The van der Waals surface area contributed by atoms with Crippen LogP contribution in [0.25, 0.3) is 0 Å². The van der Waals surface area contributed by atoms with Gasteiger partial charge in [-0.2, -0.15) is 0 Å². The topological polar surface area (TPSA) is 116 Å². The van der Waals surface area contributed by atoms with Crippen molar-refractivity contribution in [2.45, 2.75) is 45.5 Å². The average molecular weight is 429 g/mol. The third-order valence-electron chi connectivity index (χ3n) is 5.14. The van der Waals surface area contributed by atoms with Crippen LogP contribution in [0.1, 0.15) is 36.6 Å². The first-order valence-electron chi connectivity index (χ1n) is 10.3. The maximum Gasteiger partial charge on any atom is 0.437 e. The molecule has 1 amide bonds. The summed E-state index contributed by atoms with van der Waals surface area (Å²) in [6.45, 7) is 3.72. The number of carbonyl (C=O) groups excluding carboxylic acids is 1. The van der Waals surface area contributed by atoms with E-state index in [2.05, 4.69) is 23.0 Å². The maximum absolute atomic E-state index is 15.0. The molecule has 1 aromatic carbocycles. The molecule has 1 aliphatic rings. The van der Waals surface area contributed by atoms with Crippen molar-refractivity contribution in [3.05, 3.63) is 59.2 Å². The largest absolute Gasteiger partial charge is 0.443 e. The van der Waals surface area contributed by atoms with Crippen molar-refractivity contribution < 1.29 is 18.7 Å². The molecule has 0 unspecified atom stereocenters. The molecule has 2 heterocycles. The van der Waals surface area contributed by atoms with E-state index in [4.69, 9.17) is 20.9 Å². The fraction of sp³-hybridized carbons (Fsp3) is 0.409. The Kier molecular flexibility index (Phi) is 7.77. The lowest BCUT2D eigenvalue weighted by atomic mass is 10.1. The molecule has 1 aromatic heterocycles. The molecular formula is C22H28FN5O3. The number of halogens is 1. The van der Waals surface area contributed by atoms with Gasteiger partial charge in [-0.3, -0.25) is 4.98 Å². The molecule has 0 aliphatic carbocycles. The number of anilines is 1. The predicted octanol–water partition coefficient (Wildman–Crippen LogP) is 2.88. The van der Waals surface area contributed by atoms with Crippen molar-refractivity contribution in [3.63, 3.8) is 0 Å². The van der Waals surface area contributed by atoms with Gasteiger partial charge < -0.3 is 25.8 Å². The zero-order chi connectivity index (χ0) is 22.2. The van der Waals surface area contributed by atoms with E-state index in [0.29, 0.717) is 25.4 Å². The zero-order valence-electron chi connectivity index (χ0n) is 17.6. The Morgan fingerprint density at radius 2 is 2.03 bits per heavy atom. The molecule has 9 heteroatoms. The lowest BCUT2D eigenvalue weighted by Gasteiger charge is -2.34. The van der Waals surface area contributed by atoms with Crippen LogP contribution in [-0.2, 0) is 29.1 Å². The Bertz CT molecular complexity index is 925. The molecule has 0 radical (unpaired) electrons. The highest BCUT2D eigenvalue weighted by Crippen LogP contribution is 2.27. The van der Waals surface area contributed by atoms with Crippen LogP contribution >= 0.6 is 0 Å². The van der Waals surface area contributed by atoms with Crippen molar-refractivity contribution in [2.24, 2.45) is 16.5 Å². The fourth-order valence-electron chi connectivity index (χ4n) is 3.49. The van der Waals surface area contributed by atoms with Gasteiger partial charge in [-0.1, -0.05) is 19.1 Å². The Balaban J connectivity index is 1.53. The molecule has 31 heavy (non-hydrogen) atoms. The van der Waals surface area contributed by atoms with Crippen molar-refractivity contribution in [2.75, 3.05) is 18.0 Å². The molecule has 8 nitrogen and oxygen atoms in total. The first-order chi connectivity index (χ1) is 15.0. The summed E-state index contributed by atoms with van der Waals surface area (Å²) in [6, 6.07) is 9.06. The molecule has 0 bridgehead atoms. The zero-order valence-corrected chi connectivity index (χ0v) is 17.6. The number of piperidine rings is 1. The van der Waals surface area contributed by atoms with Gasteiger partial charge >= 0.3 is 6.09 Å². The van der Waals surface area contributed by atoms with Crippen LogP contribution in [0, 0.1) is 5.82 Å². The first kappa shape index (κ1) is 22.5. The Morgan fingerprint density at radius 3 is 2.74 bits per heavy atom. The second kappa shape index (κ2) is 10.7. The van der Waals surface area contributed by atoms with Gasteiger partial charge in [0.05, 0.1) is 18.4 Å². The molecule has 2 aromatic rings. The second-order valence-electron chi connectivity index (χ2n) is 7.35. The van der Waals surface area contributed by atoms with Crippen molar-refractivity contribution in [1.82, 2.24) is 4.98 Å². The van der Waals surface area contributed by atoms with Gasteiger partial charge in [-0.25, -0.2) is 9.18 Å². The number of ether oxygens (including phenoxy) is 2. The number of guanidine groups is 1. The Morgan fingerprint density at radius 1 is 1.26 bits per heavy atom. The lowest BCUT2D eigenvalue weighted by molar-refractivity contribution is 0.0250. The van der Waals surface area contributed by atoms with Crippen LogP contribution in [0.15, 0.2) is 41.5 Å². The minimum atomic E-state index is -0.956. The number of nitrogens with two attached hydrogens (primary N) is 2. The highest BCUT2D eigenvalue weighted by molar-refractivity contribution is 5.87. The third-order valence-corrected chi connectivity index (χ3v) is 5.14. The lowest BCUT2D eigenvalue weighted by Crippen LogP contribution is -2.37. The van der Waals surface area contributed by atoms with E-state index >= 15 is 0 Å². The molecule has 1 aliphatic heterocycles. The minimum Gasteiger partial charge on any atom is -0.443 e. The SMILES string of the molecule is CCc1cc(COC2CCN(c3cccc(COC(=O)N=C(N)N)c3F)CC2)ccn1. The van der Waals surface area contributed by atoms with Crippen LogP contribution in [0.2, 0.25) is 0 Å². The molecule has 4 N–H and O–H groups in total. The number of hydrogen-bond acceptors (Lipinski definition) is 5. The normalized spacial score (nSPS) is 14.3. The van der Waals surface area contributed by atoms with E-state index in [9.17, 15) is 9.18 Å². The number of nitrogens with zero attached hydrogens (tertiary/aromatic N) is 3. The van der Waals surface area contributed by atoms with Gasteiger partial charge in [0.15, 0.2) is 11.8 Å². The van der Waals surface area contributed by atoms with E-state index in [-0.39, 0.29) is 18.3 Å². The standard InChI is InChI=1S/C22H28FN5O3/c1-2-17-12-15(6-9-26-17)13-30-18-7-10-28(11-8-18)19-5-3-4-16(20(19)23)14-31-22(29)27-21(24)25/h3-6,9,12,18H,2,7-8,10-11,13-14H2,1H3,(H4,24,25,27,29). The van der Waals surface area contributed by atoms with E-state index in [1.807, 2.05) is 17.2 Å². The van der Waals surface area contributed by atoms with Crippen molar-refractivity contribution in [1.29, 1.82) is 0 Å². The van der Waals surface area contributed by atoms with Gasteiger partial charge in [0.2, 0.25) is 0 Å². The van der Waals surface area contributed by atoms with Crippen molar-refractivity contribution in [3.8, 4) is 0 Å². The van der Waals surface area contributed by atoms with E-state index in [1.54, 1.807) is 18.2 Å². The number of aryl methyl sites for hydroxylation is 1. The molecule has 0 saturated carbocycles. The summed E-state index contributed by atoms with van der Waals surface area (Å²) in [7, 11) is 0. The highest BCUT2D eigenvalue weighted by atomic mass is 19.1. The van der Waals surface area contributed by atoms with Gasteiger partial charge in [-0.05, 0) is 43.0 Å². The number of aromatic nitrogens is 1. The summed E-state index contributed by atoms with van der Waals surface area (Å²) in [5.74, 6) is -0.817. The number of amides is 1. The van der Waals surface area contributed by atoms with Gasteiger partial charge in [0.25, 0.3) is 0 Å². The summed E-state index contributed by atoms with van der Waals surface area (Å²) in [5.41, 5.74) is 13.2. The molecule has 166 valence electrons. The van der Waals surface area contributed by atoms with Crippen LogP contribution in [-0.4, -0.2) is 36.2 Å². The smallest absolute Gasteiger partial charge is 0.437 e. The summed E-state index contributed by atoms with van der Waals surface area (Å²) >= 11 is 0. The predicted molar refractivity (Wildman–Crippen MR) is 116 cm³/mol. The number of aliphatic imine (C=N–C) groups is 1. The molecule has 0 atom stereocenters. The number of hydrogen-bond donors (Lipinski definition) is 2. The number of rotatable bonds is 7. The summed E-state index contributed by atoms with van der Waals surface area (Å²) in [5, 5.41) is 0. The summed E-state index contributed by atoms with van der Waals surface area (Å²) < 4.78 is 25.9. The van der Waals surface area contributed by atoms with Crippen LogP contribution in [0.3, 0.4) is 0 Å². The highest BCUT2D eigenvalue weighted by Gasteiger charge is 2.23. The molecular weight excluding hydrogens is 401 g/mol. The maximum atomic E-state index is 15.0. The van der Waals surface area contributed by atoms with E-state index in [1.165, 1.54) is 0 Å². The number of pyridine rings is 1. The molecule has 3 rings (SSSR count). The van der Waals surface area contributed by atoms with Gasteiger partial charge in [-0.15, -0.1) is 4.99 Å². The average Bonchev–Trinajstić information content (AvgIpc) is 2.77. The fourth-order valence-corrected chi connectivity index (χ4v) is 3.49. The Hall–Kier alpha value is -3.20. The van der Waals surface area contributed by atoms with Gasteiger partial charge in [0, 0.05) is 30.5 Å². The van der Waals surface area contributed by atoms with Crippen LogP contribution < -0.4 is 16.4 Å². The van der Waals surface area contributed by atoms with Crippen LogP contribution in [0.5, 0.6) is 0 Å². The van der Waals surface area contributed by atoms with Crippen LogP contribution in [0.4, 0.5) is 14.9 Å². The third kappa shape index (κ3) is 6.39. The number of benzene rings is 1. The van der Waals surface area contributed by atoms with E-state index < -0.39 is 17.9 Å². The number of carbonyl (C=O) groups is 1. The summed E-state index contributed by atoms with van der Waals surface area (Å²) in [6.07, 6.45) is 3.47. The van der Waals surface area contributed by atoms with Gasteiger partial charge in [0.1, 0.15) is 6.61 Å². The molecule has 1 fully saturated rings. The molecule has 0 spiro atoms. The molecule has 1 saturated heterocycles. The van der Waals surface area contributed by atoms with E-state index in [0.717, 1.165) is 30.5 Å². The first-order valence-corrected chi connectivity index (χ1v) is 10.3. The Labute approximate surface area is 181 Å². The second-order valence-corrected chi connectivity index (χ2v) is 7.35. The summed E-state index contributed by atoms with van der Waals surface area (Å²) in [4.78, 5) is 21.0. The minimum absolute atomic E-state index is 0.126. The monoisotopic (exact) mass is 429 g/mol.